The van der Waals surface area contributed by atoms with E-state index in [-0.39, 0.29) is 11.9 Å². The van der Waals surface area contributed by atoms with Crippen molar-refractivity contribution in [1.29, 1.82) is 0 Å². The van der Waals surface area contributed by atoms with E-state index >= 15 is 0 Å². The number of nitrogens with two attached hydrogens (primary N) is 1. The molecule has 0 spiro atoms. The highest BCUT2D eigenvalue weighted by Crippen LogP contribution is 2.36. The van der Waals surface area contributed by atoms with Gasteiger partial charge >= 0.3 is 0 Å². The molecule has 1 fully saturated rings. The molecule has 9 nitrogen and oxygen atoms in total. The predicted octanol–water partition coefficient (Wildman–Crippen LogP) is 5.34. The van der Waals surface area contributed by atoms with Crippen LogP contribution in [0, 0.1) is 0 Å². The molecule has 1 aliphatic heterocycles. The quantitative estimate of drug-likeness (QED) is 0.144. The van der Waals surface area contributed by atoms with Gasteiger partial charge < -0.3 is 29.6 Å². The van der Waals surface area contributed by atoms with Crippen LogP contribution in [-0.2, 0) is 0 Å². The van der Waals surface area contributed by atoms with Crippen molar-refractivity contribution in [2.45, 2.75) is 31.8 Å². The van der Waals surface area contributed by atoms with Gasteiger partial charge in [-0.15, -0.1) is 0 Å². The van der Waals surface area contributed by atoms with Crippen LogP contribution in [0.2, 0.25) is 0 Å². The van der Waals surface area contributed by atoms with E-state index in [1.54, 1.807) is 32.2 Å². The molecule has 0 radical (unpaired) electrons. The molecule has 3 aromatic rings. The van der Waals surface area contributed by atoms with Gasteiger partial charge in [-0.05, 0) is 68.5 Å². The van der Waals surface area contributed by atoms with Gasteiger partial charge in [0.25, 0.3) is 5.91 Å². The third-order valence-corrected chi connectivity index (χ3v) is 8.16. The number of aldehydes is 1. The van der Waals surface area contributed by atoms with Crippen LogP contribution in [-0.4, -0.2) is 80.5 Å². The first-order valence-electron chi connectivity index (χ1n) is 14.4. The van der Waals surface area contributed by atoms with E-state index in [2.05, 4.69) is 53.9 Å². The Morgan fingerprint density at radius 3 is 2.26 bits per heavy atom. The molecule has 43 heavy (non-hydrogen) atoms. The number of nitrogens with zero attached hydrogens (tertiary/aromatic N) is 3. The molecule has 4 rings (SSSR count). The van der Waals surface area contributed by atoms with Gasteiger partial charge in [0, 0.05) is 44.8 Å². The average Bonchev–Trinajstić information content (AvgIpc) is 3.08. The normalized spacial score (nSPS) is 14.6. The smallest absolute Gasteiger partial charge is 0.256 e. The number of hydrogen-bond acceptors (Lipinski definition) is 9. The number of carbonyl (C=O) groups is 2. The Kier molecular flexibility index (Phi) is 13.3. The maximum absolute atomic E-state index is 14.2. The summed E-state index contributed by atoms with van der Waals surface area (Å²) in [6.45, 7) is 5.97. The fourth-order valence-electron chi connectivity index (χ4n) is 5.72. The van der Waals surface area contributed by atoms with Crippen LogP contribution in [0.1, 0.15) is 63.7 Å². The largest absolute Gasteiger partial charge is 0.493 e. The van der Waals surface area contributed by atoms with Crippen LogP contribution >= 0.6 is 12.9 Å². The maximum Gasteiger partial charge on any atom is 0.256 e. The van der Waals surface area contributed by atoms with Gasteiger partial charge in [-0.1, -0.05) is 48.5 Å². The summed E-state index contributed by atoms with van der Waals surface area (Å²) in [5, 5.41) is 0. The van der Waals surface area contributed by atoms with Crippen molar-refractivity contribution in [2.24, 2.45) is 5.73 Å². The molecule has 1 amide bonds. The number of anilines is 1. The number of thiol groups is 1. The van der Waals surface area contributed by atoms with Gasteiger partial charge in [0.15, 0.2) is 17.8 Å². The average molecular weight is 609 g/mol. The van der Waals surface area contributed by atoms with Crippen LogP contribution < -0.4 is 20.1 Å². The topological polar surface area (TPSA) is 109 Å². The lowest BCUT2D eigenvalue weighted by molar-refractivity contribution is 0.0718. The SMILES string of the molecule is COc1ccc([C@@H](CCCN)N(C)C(=O)c2c(C=O)cccc2N2CCN([C@H](C)c3ccccc3)CC2)cc1OC.OS. The second-order valence-corrected chi connectivity index (χ2v) is 10.4. The number of piperazine rings is 1. The fraction of sp³-hybridized carbons (Fsp3) is 0.394. The second-order valence-electron chi connectivity index (χ2n) is 10.4. The number of amides is 1. The molecular formula is C33H44N4O5S. The van der Waals surface area contributed by atoms with Gasteiger partial charge in [-0.3, -0.25) is 14.5 Å². The summed E-state index contributed by atoms with van der Waals surface area (Å²) in [4.78, 5) is 32.9. The summed E-state index contributed by atoms with van der Waals surface area (Å²) in [6.07, 6.45) is 2.19. The highest BCUT2D eigenvalue weighted by Gasteiger charge is 2.30. The lowest BCUT2D eigenvalue weighted by Crippen LogP contribution is -2.48. The third kappa shape index (κ3) is 8.08. The zero-order chi connectivity index (χ0) is 31.4. The van der Waals surface area contributed by atoms with E-state index in [9.17, 15) is 9.59 Å². The molecule has 1 saturated heterocycles. The number of carbonyl (C=O) groups excluding carboxylic acids is 2. The number of ether oxygens (including phenoxy) is 2. The van der Waals surface area contributed by atoms with Gasteiger partial charge in [0.05, 0.1) is 31.5 Å². The first kappa shape index (κ1) is 33.9. The van der Waals surface area contributed by atoms with Crippen molar-refractivity contribution < 1.29 is 23.6 Å². The van der Waals surface area contributed by atoms with E-state index in [1.165, 1.54) is 5.56 Å². The molecular weight excluding hydrogens is 564 g/mol. The summed E-state index contributed by atoms with van der Waals surface area (Å²) >= 11 is 2.53. The number of benzene rings is 3. The van der Waals surface area contributed by atoms with Crippen LogP contribution in [0.4, 0.5) is 5.69 Å². The molecule has 0 bridgehead atoms. The lowest BCUT2D eigenvalue weighted by Gasteiger charge is -2.40. The van der Waals surface area contributed by atoms with Gasteiger partial charge in [0.1, 0.15) is 0 Å². The zero-order valence-corrected chi connectivity index (χ0v) is 26.4. The van der Waals surface area contributed by atoms with Crippen molar-refractivity contribution in [3.05, 3.63) is 89.0 Å². The Labute approximate surface area is 260 Å². The minimum Gasteiger partial charge on any atom is -0.493 e. The standard InChI is InChI=1S/C33H42N4O4.H2OS/c1-24(25-10-6-5-7-11-25)36-18-20-37(21-19-36)29-13-8-12-27(23-38)32(29)33(39)35(2)28(14-9-17-34)26-15-16-30(40-3)31(22-26)41-4;1-2/h5-8,10-13,15-16,22-24,28H,9,14,17-21,34H2,1-4H3;1-2H/t24-,28-;/m1./s1. The van der Waals surface area contributed by atoms with Crippen LogP contribution in [0.15, 0.2) is 66.7 Å². The van der Waals surface area contributed by atoms with Crippen LogP contribution in [0.25, 0.3) is 0 Å². The number of rotatable bonds is 12. The fourth-order valence-corrected chi connectivity index (χ4v) is 5.72. The summed E-state index contributed by atoms with van der Waals surface area (Å²) in [7, 11) is 4.99. The molecule has 1 aliphatic rings. The molecule has 0 unspecified atom stereocenters. The van der Waals surface area contributed by atoms with Crippen LogP contribution in [0.3, 0.4) is 0 Å². The molecule has 3 N–H and O–H groups in total. The van der Waals surface area contributed by atoms with Crippen molar-refractivity contribution >= 4 is 30.8 Å². The monoisotopic (exact) mass is 608 g/mol. The third-order valence-electron chi connectivity index (χ3n) is 8.16. The highest BCUT2D eigenvalue weighted by molar-refractivity contribution is 7.74. The van der Waals surface area contributed by atoms with E-state index in [1.807, 2.05) is 36.4 Å². The second kappa shape index (κ2) is 16.9. The maximum atomic E-state index is 14.2. The van der Waals surface area contributed by atoms with Crippen molar-refractivity contribution in [2.75, 3.05) is 58.9 Å². The summed E-state index contributed by atoms with van der Waals surface area (Å²) < 4.78 is 17.6. The molecule has 3 aromatic carbocycles. The Morgan fingerprint density at radius 2 is 1.65 bits per heavy atom. The Balaban J connectivity index is 0.00000248. The summed E-state index contributed by atoms with van der Waals surface area (Å²) in [5.74, 6) is 1.02. The Bertz CT molecular complexity index is 1320. The van der Waals surface area contributed by atoms with Gasteiger partial charge in [-0.25, -0.2) is 0 Å². The Hall–Kier alpha value is -3.57. The summed E-state index contributed by atoms with van der Waals surface area (Å²) in [6, 6.07) is 21.8. The molecule has 2 atom stereocenters. The molecule has 0 saturated carbocycles. The van der Waals surface area contributed by atoms with Crippen LogP contribution in [0.5, 0.6) is 11.5 Å². The molecule has 1 heterocycles. The minimum absolute atomic E-state index is 0.195. The first-order valence-corrected chi connectivity index (χ1v) is 14.8. The van der Waals surface area contributed by atoms with E-state index in [0.717, 1.165) is 50.1 Å². The van der Waals surface area contributed by atoms with Crippen molar-refractivity contribution in [3.8, 4) is 11.5 Å². The molecule has 0 aromatic heterocycles. The van der Waals surface area contributed by atoms with E-state index in [0.29, 0.717) is 41.6 Å². The molecule has 232 valence electrons. The predicted molar refractivity (Wildman–Crippen MR) is 175 cm³/mol. The molecule has 10 heteroatoms. The van der Waals surface area contributed by atoms with Gasteiger partial charge in [-0.2, -0.15) is 0 Å². The summed E-state index contributed by atoms with van der Waals surface area (Å²) in [5.41, 5.74) is 9.71. The highest BCUT2D eigenvalue weighted by atomic mass is 32.1. The zero-order valence-electron chi connectivity index (χ0n) is 25.5. The van der Waals surface area contributed by atoms with E-state index in [4.69, 9.17) is 19.8 Å². The first-order chi connectivity index (χ1) is 20.9. The van der Waals surface area contributed by atoms with Crippen molar-refractivity contribution in [1.82, 2.24) is 9.80 Å². The number of hydrogen-bond donors (Lipinski definition) is 3. The minimum atomic E-state index is -0.262. The lowest BCUT2D eigenvalue weighted by atomic mass is 9.97. The molecule has 0 aliphatic carbocycles. The number of methoxy groups -OCH3 is 2. The van der Waals surface area contributed by atoms with Gasteiger partial charge in [0.2, 0.25) is 0 Å². The van der Waals surface area contributed by atoms with E-state index < -0.39 is 0 Å². The van der Waals surface area contributed by atoms with Crippen molar-refractivity contribution in [3.63, 3.8) is 0 Å². The Morgan fingerprint density at radius 1 is 0.977 bits per heavy atom.